The van der Waals surface area contributed by atoms with Gasteiger partial charge in [0.1, 0.15) is 13.2 Å². The maximum Gasteiger partial charge on any atom is 0.207 e. The fourth-order valence-corrected chi connectivity index (χ4v) is 8.56. The van der Waals surface area contributed by atoms with Gasteiger partial charge in [0.2, 0.25) is 5.79 Å². The molecule has 1 saturated heterocycles. The molecule has 1 heterocycles. The van der Waals surface area contributed by atoms with Crippen LogP contribution in [-0.2, 0) is 18.0 Å². The number of ether oxygens (including phenoxy) is 2. The van der Waals surface area contributed by atoms with E-state index in [9.17, 15) is 0 Å². The number of hydrogen-bond donors (Lipinski definition) is 0. The van der Waals surface area contributed by atoms with Crippen molar-refractivity contribution in [3.05, 3.63) is 0 Å². The maximum absolute atomic E-state index is 6.10. The highest BCUT2D eigenvalue weighted by Gasteiger charge is 2.49. The fourth-order valence-electron chi connectivity index (χ4n) is 2.03. The van der Waals surface area contributed by atoms with Crippen LogP contribution in [0.25, 0.3) is 0 Å². The summed E-state index contributed by atoms with van der Waals surface area (Å²) in [6, 6.07) is 1.15. The maximum atomic E-state index is 6.10. The smallest absolute Gasteiger partial charge is 0.207 e. The Morgan fingerprint density at radius 3 is 2.15 bits per heavy atom. The molecule has 0 amide bonds. The lowest BCUT2D eigenvalue weighted by molar-refractivity contribution is -0.0308. The summed E-state index contributed by atoms with van der Waals surface area (Å²) in [6.07, 6.45) is 1.07. The molecule has 4 nitrogen and oxygen atoms in total. The van der Waals surface area contributed by atoms with E-state index in [2.05, 4.69) is 45.8 Å². The van der Waals surface area contributed by atoms with Gasteiger partial charge in [-0.2, -0.15) is 0 Å². The summed E-state index contributed by atoms with van der Waals surface area (Å²) in [5, 5.41) is 0. The van der Waals surface area contributed by atoms with Crippen LogP contribution in [0.4, 0.5) is 0 Å². The molecule has 1 fully saturated rings. The molecule has 119 valence electrons. The summed E-state index contributed by atoms with van der Waals surface area (Å²) in [5.74, 6) is -0.417. The van der Waals surface area contributed by atoms with Crippen LogP contribution in [0.2, 0.25) is 51.9 Å². The van der Waals surface area contributed by atoms with Crippen molar-refractivity contribution in [1.82, 2.24) is 0 Å². The van der Waals surface area contributed by atoms with Gasteiger partial charge in [0, 0.05) is 6.61 Å². The zero-order chi connectivity index (χ0) is 15.4. The van der Waals surface area contributed by atoms with Crippen LogP contribution in [0.5, 0.6) is 0 Å². The van der Waals surface area contributed by atoms with Crippen LogP contribution in [0.15, 0.2) is 0 Å². The highest BCUT2D eigenvalue weighted by atomic mass is 28.4. The second-order valence-electron chi connectivity index (χ2n) is 7.49. The Hall–Kier alpha value is 0.491. The summed E-state index contributed by atoms with van der Waals surface area (Å²) in [4.78, 5) is 0. The SMILES string of the molecule is C[Si](CCCOC[C@]1(O[Si](C)(C)C)CO1)O[Si](C)(C)C. The van der Waals surface area contributed by atoms with Gasteiger partial charge in [-0.1, -0.05) is 0 Å². The van der Waals surface area contributed by atoms with Gasteiger partial charge in [-0.15, -0.1) is 0 Å². The molecule has 0 aromatic carbocycles. The quantitative estimate of drug-likeness (QED) is 0.348. The molecule has 0 unspecified atom stereocenters. The van der Waals surface area contributed by atoms with E-state index < -0.39 is 31.5 Å². The summed E-state index contributed by atoms with van der Waals surface area (Å²) in [7, 11) is -3.57. The minimum absolute atomic E-state index is 0.417. The van der Waals surface area contributed by atoms with E-state index in [1.165, 1.54) is 0 Å². The van der Waals surface area contributed by atoms with E-state index in [1.807, 2.05) is 0 Å². The van der Waals surface area contributed by atoms with Gasteiger partial charge in [0.05, 0.1) is 0 Å². The number of hydrogen-bond acceptors (Lipinski definition) is 4. The van der Waals surface area contributed by atoms with E-state index in [0.717, 1.165) is 19.1 Å². The molecule has 20 heavy (non-hydrogen) atoms. The second-order valence-corrected chi connectivity index (χ2v) is 18.9. The van der Waals surface area contributed by atoms with Gasteiger partial charge in [-0.05, 0) is 58.3 Å². The Bertz CT molecular complexity index is 295. The van der Waals surface area contributed by atoms with Gasteiger partial charge >= 0.3 is 0 Å². The van der Waals surface area contributed by atoms with Gasteiger partial charge in [0.15, 0.2) is 25.7 Å². The lowest BCUT2D eigenvalue weighted by atomic mass is 10.4. The average molecular weight is 336 g/mol. The lowest BCUT2D eigenvalue weighted by Crippen LogP contribution is -2.37. The molecule has 1 aliphatic heterocycles. The molecule has 0 spiro atoms. The molecular formula is C13H31O4Si3. The minimum atomic E-state index is -1.56. The Morgan fingerprint density at radius 1 is 1.10 bits per heavy atom. The third-order valence-corrected chi connectivity index (χ3v) is 8.46. The van der Waals surface area contributed by atoms with Crippen LogP contribution >= 0.6 is 0 Å². The molecule has 0 bridgehead atoms. The predicted octanol–water partition coefficient (Wildman–Crippen LogP) is 3.44. The summed E-state index contributed by atoms with van der Waals surface area (Å²) in [6.45, 7) is 17.6. The Kier molecular flexibility index (Phi) is 6.64. The van der Waals surface area contributed by atoms with E-state index in [0.29, 0.717) is 13.2 Å². The summed E-state index contributed by atoms with van der Waals surface area (Å²) < 4.78 is 23.3. The standard InChI is InChI=1S/C13H31O4Si3/c1-18(17-20(5,6)7)10-8-9-14-11-13(12-15-13)16-19(2,3)4/h8-12H2,1-7H3/t13-/m0/s1. The monoisotopic (exact) mass is 335 g/mol. The third kappa shape index (κ3) is 8.71. The van der Waals surface area contributed by atoms with Gasteiger partial charge in [-0.25, -0.2) is 0 Å². The molecule has 0 aromatic rings. The number of rotatable bonds is 10. The molecule has 0 aliphatic carbocycles. The summed E-state index contributed by atoms with van der Waals surface area (Å²) >= 11 is 0. The predicted molar refractivity (Wildman–Crippen MR) is 89.4 cm³/mol. The van der Waals surface area contributed by atoms with Crippen molar-refractivity contribution in [2.75, 3.05) is 19.8 Å². The van der Waals surface area contributed by atoms with E-state index in [-0.39, 0.29) is 0 Å². The molecule has 0 saturated carbocycles. The first-order valence-corrected chi connectivity index (χ1v) is 16.4. The van der Waals surface area contributed by atoms with Crippen molar-refractivity contribution in [2.45, 2.75) is 64.1 Å². The Labute approximate surface area is 128 Å². The van der Waals surface area contributed by atoms with E-state index in [1.54, 1.807) is 0 Å². The van der Waals surface area contributed by atoms with Crippen LogP contribution in [0, 0.1) is 0 Å². The van der Waals surface area contributed by atoms with Crippen molar-refractivity contribution in [3.8, 4) is 0 Å². The van der Waals surface area contributed by atoms with Gasteiger partial charge < -0.3 is 18.0 Å². The molecule has 1 radical (unpaired) electrons. The zero-order valence-electron chi connectivity index (χ0n) is 14.2. The van der Waals surface area contributed by atoms with Crippen molar-refractivity contribution in [3.63, 3.8) is 0 Å². The van der Waals surface area contributed by atoms with E-state index in [4.69, 9.17) is 18.0 Å². The fraction of sp³-hybridized carbons (Fsp3) is 1.00. The Balaban J connectivity index is 2.08. The normalized spacial score (nSPS) is 23.4. The average Bonchev–Trinajstić information content (AvgIpc) is 2.91. The highest BCUT2D eigenvalue weighted by Crippen LogP contribution is 2.32. The molecule has 1 atom stereocenters. The van der Waals surface area contributed by atoms with Crippen molar-refractivity contribution in [2.24, 2.45) is 0 Å². The van der Waals surface area contributed by atoms with Crippen LogP contribution in [-0.4, -0.2) is 51.3 Å². The molecule has 0 aromatic heterocycles. The molecule has 7 heteroatoms. The number of epoxide rings is 1. The highest BCUT2D eigenvalue weighted by molar-refractivity contribution is 6.77. The van der Waals surface area contributed by atoms with Gasteiger partial charge in [-0.3, -0.25) is 0 Å². The van der Waals surface area contributed by atoms with Crippen LogP contribution in [0.3, 0.4) is 0 Å². The van der Waals surface area contributed by atoms with Crippen molar-refractivity contribution >= 4 is 25.7 Å². The zero-order valence-corrected chi connectivity index (χ0v) is 17.2. The second kappa shape index (κ2) is 7.17. The first-order chi connectivity index (χ1) is 9.02. The van der Waals surface area contributed by atoms with Crippen molar-refractivity contribution in [1.29, 1.82) is 0 Å². The van der Waals surface area contributed by atoms with Crippen LogP contribution in [0.1, 0.15) is 6.42 Å². The minimum Gasteiger partial charge on any atom is -0.456 e. The van der Waals surface area contributed by atoms with Crippen LogP contribution < -0.4 is 0 Å². The van der Waals surface area contributed by atoms with Crippen molar-refractivity contribution < 1.29 is 18.0 Å². The summed E-state index contributed by atoms with van der Waals surface area (Å²) in [5.41, 5.74) is 0. The Morgan fingerprint density at radius 2 is 1.70 bits per heavy atom. The van der Waals surface area contributed by atoms with E-state index >= 15 is 0 Å². The lowest BCUT2D eigenvalue weighted by Gasteiger charge is -2.24. The first-order valence-electron chi connectivity index (χ1n) is 7.45. The molecular weight excluding hydrogens is 304 g/mol. The topological polar surface area (TPSA) is 40.2 Å². The largest absolute Gasteiger partial charge is 0.456 e. The first kappa shape index (κ1) is 18.5. The third-order valence-electron chi connectivity index (χ3n) is 2.58. The molecule has 1 rings (SSSR count). The van der Waals surface area contributed by atoms with Gasteiger partial charge in [0.25, 0.3) is 0 Å². The molecule has 1 aliphatic rings. The molecule has 0 N–H and O–H groups in total.